The molecule has 23 heavy (non-hydrogen) atoms. The van der Waals surface area contributed by atoms with Crippen molar-refractivity contribution in [2.75, 3.05) is 6.54 Å². The summed E-state index contributed by atoms with van der Waals surface area (Å²) in [6, 6.07) is 14.5. The molecule has 1 unspecified atom stereocenters. The summed E-state index contributed by atoms with van der Waals surface area (Å²) in [6.07, 6.45) is 1.34. The van der Waals surface area contributed by atoms with Gasteiger partial charge in [-0.1, -0.05) is 36.4 Å². The molecule has 0 fully saturated rings. The lowest BCUT2D eigenvalue weighted by atomic mass is 9.95. The Balaban J connectivity index is 0.00000192. The third-order valence-corrected chi connectivity index (χ3v) is 4.00. The molecule has 1 aliphatic heterocycles. The molecule has 1 heterocycles. The van der Waals surface area contributed by atoms with Gasteiger partial charge in [-0.3, -0.25) is 4.79 Å². The minimum absolute atomic E-state index is 0. The lowest BCUT2D eigenvalue weighted by Crippen LogP contribution is -2.48. The van der Waals surface area contributed by atoms with Crippen LogP contribution in [-0.4, -0.2) is 18.5 Å². The lowest BCUT2D eigenvalue weighted by Gasteiger charge is -2.25. The Kier molecular flexibility index (Phi) is 6.13. The second-order valence-electron chi connectivity index (χ2n) is 5.58. The van der Waals surface area contributed by atoms with Crippen LogP contribution in [0.3, 0.4) is 0 Å². The molecule has 0 aliphatic carbocycles. The quantitative estimate of drug-likeness (QED) is 0.902. The maximum absolute atomic E-state index is 13.1. The zero-order chi connectivity index (χ0) is 15.4. The van der Waals surface area contributed by atoms with Crippen LogP contribution in [0, 0.1) is 5.82 Å². The Labute approximate surface area is 141 Å². The molecule has 2 N–H and O–H groups in total. The third-order valence-electron chi connectivity index (χ3n) is 4.00. The molecule has 0 aromatic heterocycles. The van der Waals surface area contributed by atoms with E-state index in [-0.39, 0.29) is 30.2 Å². The van der Waals surface area contributed by atoms with Crippen molar-refractivity contribution in [2.24, 2.45) is 0 Å². The number of nitrogens with one attached hydrogen (secondary N) is 2. The summed E-state index contributed by atoms with van der Waals surface area (Å²) in [5.74, 6) is -0.236. The van der Waals surface area contributed by atoms with Crippen molar-refractivity contribution in [3.8, 4) is 0 Å². The predicted molar refractivity (Wildman–Crippen MR) is 91.1 cm³/mol. The van der Waals surface area contributed by atoms with Gasteiger partial charge >= 0.3 is 0 Å². The van der Waals surface area contributed by atoms with Gasteiger partial charge in [-0.15, -0.1) is 12.4 Å². The van der Waals surface area contributed by atoms with Crippen LogP contribution in [-0.2, 0) is 24.2 Å². The van der Waals surface area contributed by atoms with Crippen LogP contribution in [0.25, 0.3) is 0 Å². The fourth-order valence-electron chi connectivity index (χ4n) is 2.79. The number of carbonyl (C=O) groups is 1. The fraction of sp³-hybridized carbons (Fsp3) is 0.278. The number of fused-ring (bicyclic) bond motifs is 1. The average Bonchev–Trinajstić information content (AvgIpc) is 2.54. The Morgan fingerprint density at radius 1 is 1.17 bits per heavy atom. The van der Waals surface area contributed by atoms with Crippen molar-refractivity contribution < 1.29 is 9.18 Å². The number of hydrogen-bond donors (Lipinski definition) is 2. The highest BCUT2D eigenvalue weighted by atomic mass is 35.5. The number of rotatable bonds is 4. The number of hydrogen-bond acceptors (Lipinski definition) is 2. The van der Waals surface area contributed by atoms with E-state index in [1.54, 1.807) is 6.07 Å². The fourth-order valence-corrected chi connectivity index (χ4v) is 2.79. The first-order valence-corrected chi connectivity index (χ1v) is 7.55. The van der Waals surface area contributed by atoms with Gasteiger partial charge in [0.15, 0.2) is 0 Å². The van der Waals surface area contributed by atoms with Crippen molar-refractivity contribution in [1.29, 1.82) is 0 Å². The molecule has 2 aromatic rings. The summed E-state index contributed by atoms with van der Waals surface area (Å²) in [6.45, 7) is 1.24. The van der Waals surface area contributed by atoms with E-state index >= 15 is 0 Å². The Hall–Kier alpha value is -1.91. The van der Waals surface area contributed by atoms with E-state index in [2.05, 4.69) is 22.8 Å². The van der Waals surface area contributed by atoms with Gasteiger partial charge in [-0.05, 0) is 41.7 Å². The highest BCUT2D eigenvalue weighted by Crippen LogP contribution is 2.16. The van der Waals surface area contributed by atoms with Crippen molar-refractivity contribution in [2.45, 2.75) is 25.4 Å². The minimum atomic E-state index is -0.241. The lowest BCUT2D eigenvalue weighted by molar-refractivity contribution is -0.123. The molecule has 1 amide bonds. The van der Waals surface area contributed by atoms with E-state index in [4.69, 9.17) is 0 Å². The molecule has 1 atom stereocenters. The molecule has 0 radical (unpaired) electrons. The SMILES string of the molecule is Cl.O=C(NCCc1cccc(F)c1)C1Cc2ccccc2CN1. The van der Waals surface area contributed by atoms with Gasteiger partial charge in [0.2, 0.25) is 5.91 Å². The zero-order valence-corrected chi connectivity index (χ0v) is 13.5. The minimum Gasteiger partial charge on any atom is -0.354 e. The van der Waals surface area contributed by atoms with Gasteiger partial charge in [-0.2, -0.15) is 0 Å². The molecule has 2 aromatic carbocycles. The average molecular weight is 335 g/mol. The molecular weight excluding hydrogens is 315 g/mol. The topological polar surface area (TPSA) is 41.1 Å². The van der Waals surface area contributed by atoms with Crippen LogP contribution in [0.5, 0.6) is 0 Å². The monoisotopic (exact) mass is 334 g/mol. The Bertz CT molecular complexity index is 678. The van der Waals surface area contributed by atoms with Crippen LogP contribution < -0.4 is 10.6 Å². The predicted octanol–water partition coefficient (Wildman–Crippen LogP) is 2.62. The van der Waals surface area contributed by atoms with E-state index in [1.165, 1.54) is 23.3 Å². The molecule has 0 spiro atoms. The van der Waals surface area contributed by atoms with Gasteiger partial charge in [0, 0.05) is 13.1 Å². The highest BCUT2D eigenvalue weighted by Gasteiger charge is 2.23. The van der Waals surface area contributed by atoms with Crippen molar-refractivity contribution in [3.05, 3.63) is 71.0 Å². The summed E-state index contributed by atoms with van der Waals surface area (Å²) in [7, 11) is 0. The van der Waals surface area contributed by atoms with Crippen molar-refractivity contribution in [3.63, 3.8) is 0 Å². The molecule has 3 nitrogen and oxygen atoms in total. The van der Waals surface area contributed by atoms with Gasteiger partial charge in [0.1, 0.15) is 5.82 Å². The molecule has 3 rings (SSSR count). The smallest absolute Gasteiger partial charge is 0.237 e. The van der Waals surface area contributed by atoms with E-state index in [1.807, 2.05) is 18.2 Å². The van der Waals surface area contributed by atoms with Gasteiger partial charge < -0.3 is 10.6 Å². The molecule has 0 bridgehead atoms. The molecule has 122 valence electrons. The maximum Gasteiger partial charge on any atom is 0.237 e. The normalized spacial score (nSPS) is 16.1. The first kappa shape index (κ1) is 17.4. The number of benzene rings is 2. The van der Waals surface area contributed by atoms with E-state index in [9.17, 15) is 9.18 Å². The van der Waals surface area contributed by atoms with Crippen LogP contribution in [0.4, 0.5) is 4.39 Å². The van der Waals surface area contributed by atoms with E-state index < -0.39 is 0 Å². The van der Waals surface area contributed by atoms with Crippen molar-refractivity contribution >= 4 is 18.3 Å². The maximum atomic E-state index is 13.1. The molecular formula is C18H20ClFN2O. The molecule has 0 saturated carbocycles. The van der Waals surface area contributed by atoms with Crippen LogP contribution in [0.1, 0.15) is 16.7 Å². The summed E-state index contributed by atoms with van der Waals surface area (Å²) in [5, 5.41) is 6.19. The Morgan fingerprint density at radius 2 is 1.96 bits per heavy atom. The first-order valence-electron chi connectivity index (χ1n) is 7.55. The van der Waals surface area contributed by atoms with E-state index in [0.717, 1.165) is 12.1 Å². The molecule has 0 saturated heterocycles. The molecule has 5 heteroatoms. The number of halogens is 2. The molecule has 1 aliphatic rings. The number of carbonyl (C=O) groups excluding carboxylic acids is 1. The number of amides is 1. The first-order chi connectivity index (χ1) is 10.7. The summed E-state index contributed by atoms with van der Waals surface area (Å²) in [5.41, 5.74) is 3.38. The van der Waals surface area contributed by atoms with E-state index in [0.29, 0.717) is 19.4 Å². The van der Waals surface area contributed by atoms with Gasteiger partial charge in [0.05, 0.1) is 6.04 Å². The Morgan fingerprint density at radius 3 is 2.74 bits per heavy atom. The summed E-state index contributed by atoms with van der Waals surface area (Å²) in [4.78, 5) is 12.2. The van der Waals surface area contributed by atoms with Crippen LogP contribution in [0.2, 0.25) is 0 Å². The van der Waals surface area contributed by atoms with Gasteiger partial charge in [-0.25, -0.2) is 4.39 Å². The second kappa shape index (κ2) is 8.09. The van der Waals surface area contributed by atoms with Gasteiger partial charge in [0.25, 0.3) is 0 Å². The van der Waals surface area contributed by atoms with Crippen molar-refractivity contribution in [1.82, 2.24) is 10.6 Å². The zero-order valence-electron chi connectivity index (χ0n) is 12.7. The summed E-state index contributed by atoms with van der Waals surface area (Å²) >= 11 is 0. The standard InChI is InChI=1S/C18H19FN2O.ClH/c19-16-7-3-4-13(10-16)8-9-20-18(22)17-11-14-5-1-2-6-15(14)12-21-17;/h1-7,10,17,21H,8-9,11-12H2,(H,20,22);1H. The van der Waals surface area contributed by atoms with Crippen LogP contribution >= 0.6 is 12.4 Å². The third kappa shape index (κ3) is 4.53. The summed E-state index contributed by atoms with van der Waals surface area (Å²) < 4.78 is 13.1. The van der Waals surface area contributed by atoms with Crippen LogP contribution in [0.15, 0.2) is 48.5 Å². The largest absolute Gasteiger partial charge is 0.354 e. The second-order valence-corrected chi connectivity index (χ2v) is 5.58. The highest BCUT2D eigenvalue weighted by molar-refractivity contribution is 5.85.